The minimum Gasteiger partial charge on any atom is -0.368 e. The first kappa shape index (κ1) is 9.97. The van der Waals surface area contributed by atoms with E-state index in [1.54, 1.807) is 22.5 Å². The predicted octanol–water partition coefficient (Wildman–Crippen LogP) is 1.08. The van der Waals surface area contributed by atoms with Crippen molar-refractivity contribution in [2.75, 3.05) is 5.73 Å². The molecular formula is C9H11N5S. The molecule has 0 saturated heterocycles. The average molecular weight is 221 g/mol. The van der Waals surface area contributed by atoms with Crippen molar-refractivity contribution in [3.63, 3.8) is 0 Å². The molecule has 2 N–H and O–H groups in total. The SMILES string of the molecule is Cn1c(N)nnc1SCc1cccnc1. The molecule has 5 nitrogen and oxygen atoms in total. The summed E-state index contributed by atoms with van der Waals surface area (Å²) in [5, 5.41) is 8.56. The zero-order valence-corrected chi connectivity index (χ0v) is 9.11. The summed E-state index contributed by atoms with van der Waals surface area (Å²) >= 11 is 1.59. The van der Waals surface area contributed by atoms with E-state index < -0.39 is 0 Å². The molecule has 78 valence electrons. The smallest absolute Gasteiger partial charge is 0.222 e. The largest absolute Gasteiger partial charge is 0.368 e. The van der Waals surface area contributed by atoms with Crippen molar-refractivity contribution in [3.05, 3.63) is 30.1 Å². The third-order valence-corrected chi connectivity index (χ3v) is 3.05. The standard InChI is InChI=1S/C9H11N5S/c1-14-8(10)12-13-9(14)15-6-7-3-2-4-11-5-7/h2-5H,6H2,1H3,(H2,10,12). The van der Waals surface area contributed by atoms with Gasteiger partial charge < -0.3 is 5.73 Å². The number of anilines is 1. The van der Waals surface area contributed by atoms with Crippen LogP contribution in [0.1, 0.15) is 5.56 Å². The summed E-state index contributed by atoms with van der Waals surface area (Å²) in [6.07, 6.45) is 3.60. The Labute approximate surface area is 91.7 Å². The monoisotopic (exact) mass is 221 g/mol. The lowest BCUT2D eigenvalue weighted by Gasteiger charge is -2.00. The van der Waals surface area contributed by atoms with Crippen molar-refractivity contribution in [2.24, 2.45) is 7.05 Å². The molecule has 0 unspecified atom stereocenters. The molecule has 0 aromatic carbocycles. The van der Waals surface area contributed by atoms with Crippen LogP contribution in [0, 0.1) is 0 Å². The number of thioether (sulfide) groups is 1. The fourth-order valence-electron chi connectivity index (χ4n) is 1.08. The Morgan fingerprint density at radius 3 is 2.93 bits per heavy atom. The topological polar surface area (TPSA) is 69.6 Å². The van der Waals surface area contributed by atoms with Crippen molar-refractivity contribution in [3.8, 4) is 0 Å². The molecule has 0 aliphatic heterocycles. The van der Waals surface area contributed by atoms with Crippen molar-refractivity contribution in [1.82, 2.24) is 19.7 Å². The molecule has 0 saturated carbocycles. The highest BCUT2D eigenvalue weighted by Gasteiger charge is 2.05. The number of hydrogen-bond donors (Lipinski definition) is 1. The lowest BCUT2D eigenvalue weighted by atomic mass is 10.3. The Bertz CT molecular complexity index is 439. The van der Waals surface area contributed by atoms with Gasteiger partial charge in [0, 0.05) is 25.2 Å². The molecule has 2 rings (SSSR count). The van der Waals surface area contributed by atoms with Gasteiger partial charge in [-0.15, -0.1) is 10.2 Å². The fraction of sp³-hybridized carbons (Fsp3) is 0.222. The number of nitrogen functional groups attached to an aromatic ring is 1. The summed E-state index contributed by atoms with van der Waals surface area (Å²) in [7, 11) is 1.85. The first-order valence-corrected chi connectivity index (χ1v) is 5.42. The molecule has 0 aliphatic carbocycles. The molecule has 0 aliphatic rings. The highest BCUT2D eigenvalue weighted by molar-refractivity contribution is 7.98. The molecule has 2 aromatic rings. The highest BCUT2D eigenvalue weighted by atomic mass is 32.2. The Hall–Kier alpha value is -1.56. The lowest BCUT2D eigenvalue weighted by Crippen LogP contribution is -1.98. The van der Waals surface area contributed by atoms with Crippen LogP contribution in [0.5, 0.6) is 0 Å². The highest BCUT2D eigenvalue weighted by Crippen LogP contribution is 2.20. The Morgan fingerprint density at radius 1 is 1.47 bits per heavy atom. The third-order valence-electron chi connectivity index (χ3n) is 1.96. The molecule has 0 atom stereocenters. The van der Waals surface area contributed by atoms with Gasteiger partial charge in [0.15, 0.2) is 5.16 Å². The molecule has 0 amide bonds. The van der Waals surface area contributed by atoms with Crippen LogP contribution >= 0.6 is 11.8 Å². The second kappa shape index (κ2) is 4.31. The molecule has 6 heteroatoms. The van der Waals surface area contributed by atoms with E-state index in [4.69, 9.17) is 5.73 Å². The maximum atomic E-state index is 5.57. The van der Waals surface area contributed by atoms with Gasteiger partial charge in [-0.1, -0.05) is 17.8 Å². The minimum absolute atomic E-state index is 0.434. The number of aromatic nitrogens is 4. The van der Waals surface area contributed by atoms with E-state index in [0.29, 0.717) is 5.95 Å². The van der Waals surface area contributed by atoms with Gasteiger partial charge in [0.05, 0.1) is 0 Å². The van der Waals surface area contributed by atoms with Crippen LogP contribution in [0.2, 0.25) is 0 Å². The van der Waals surface area contributed by atoms with Crippen LogP contribution in [-0.4, -0.2) is 19.7 Å². The molecule has 0 bridgehead atoms. The number of nitrogens with two attached hydrogens (primary N) is 1. The Kier molecular flexibility index (Phi) is 2.86. The van der Waals surface area contributed by atoms with Crippen molar-refractivity contribution < 1.29 is 0 Å². The number of pyridine rings is 1. The minimum atomic E-state index is 0.434. The van der Waals surface area contributed by atoms with Gasteiger partial charge in [-0.05, 0) is 11.6 Å². The molecule has 0 spiro atoms. The second-order valence-corrected chi connectivity index (χ2v) is 3.99. The van der Waals surface area contributed by atoms with Gasteiger partial charge >= 0.3 is 0 Å². The van der Waals surface area contributed by atoms with Gasteiger partial charge in [-0.25, -0.2) is 0 Å². The maximum Gasteiger partial charge on any atom is 0.222 e. The molecule has 2 heterocycles. The van der Waals surface area contributed by atoms with Crippen LogP contribution in [0.4, 0.5) is 5.95 Å². The van der Waals surface area contributed by atoms with Gasteiger partial charge in [-0.2, -0.15) is 0 Å². The second-order valence-electron chi connectivity index (χ2n) is 3.05. The Morgan fingerprint density at radius 2 is 2.33 bits per heavy atom. The molecule has 0 radical (unpaired) electrons. The maximum absolute atomic E-state index is 5.57. The van der Waals surface area contributed by atoms with Gasteiger partial charge in [0.25, 0.3) is 0 Å². The predicted molar refractivity (Wildman–Crippen MR) is 59.2 cm³/mol. The van der Waals surface area contributed by atoms with Crippen LogP contribution in [0.3, 0.4) is 0 Å². The van der Waals surface area contributed by atoms with Crippen molar-refractivity contribution in [2.45, 2.75) is 10.9 Å². The normalized spacial score (nSPS) is 10.5. The van der Waals surface area contributed by atoms with E-state index in [1.165, 1.54) is 0 Å². The number of rotatable bonds is 3. The van der Waals surface area contributed by atoms with E-state index in [0.717, 1.165) is 16.5 Å². The van der Waals surface area contributed by atoms with Crippen LogP contribution in [0.25, 0.3) is 0 Å². The fourth-order valence-corrected chi connectivity index (χ4v) is 1.94. The third kappa shape index (κ3) is 2.27. The van der Waals surface area contributed by atoms with E-state index in [1.807, 2.05) is 25.4 Å². The van der Waals surface area contributed by atoms with E-state index >= 15 is 0 Å². The van der Waals surface area contributed by atoms with Crippen molar-refractivity contribution >= 4 is 17.7 Å². The van der Waals surface area contributed by atoms with E-state index in [2.05, 4.69) is 15.2 Å². The average Bonchev–Trinajstić information content (AvgIpc) is 2.59. The Balaban J connectivity index is 2.02. The zero-order chi connectivity index (χ0) is 10.7. The molecular weight excluding hydrogens is 210 g/mol. The summed E-state index contributed by atoms with van der Waals surface area (Å²) in [5.41, 5.74) is 6.73. The summed E-state index contributed by atoms with van der Waals surface area (Å²) in [5.74, 6) is 1.25. The number of nitrogens with zero attached hydrogens (tertiary/aromatic N) is 4. The van der Waals surface area contributed by atoms with E-state index in [-0.39, 0.29) is 0 Å². The summed E-state index contributed by atoms with van der Waals surface area (Å²) < 4.78 is 1.76. The van der Waals surface area contributed by atoms with Crippen molar-refractivity contribution in [1.29, 1.82) is 0 Å². The van der Waals surface area contributed by atoms with Gasteiger partial charge in [0.1, 0.15) is 0 Å². The van der Waals surface area contributed by atoms with Gasteiger partial charge in [0.2, 0.25) is 5.95 Å². The van der Waals surface area contributed by atoms with Crippen LogP contribution in [-0.2, 0) is 12.8 Å². The van der Waals surface area contributed by atoms with Crippen LogP contribution in [0.15, 0.2) is 29.7 Å². The summed E-state index contributed by atoms with van der Waals surface area (Å²) in [4.78, 5) is 4.04. The van der Waals surface area contributed by atoms with Crippen LogP contribution < -0.4 is 5.73 Å². The first-order valence-electron chi connectivity index (χ1n) is 4.44. The van der Waals surface area contributed by atoms with E-state index in [9.17, 15) is 0 Å². The molecule has 0 fully saturated rings. The molecule has 2 aromatic heterocycles. The van der Waals surface area contributed by atoms with Gasteiger partial charge in [-0.3, -0.25) is 9.55 Å². The quantitative estimate of drug-likeness (QED) is 0.785. The first-order chi connectivity index (χ1) is 7.27. The molecule has 15 heavy (non-hydrogen) atoms. The summed E-state index contributed by atoms with van der Waals surface area (Å²) in [6, 6.07) is 3.95. The zero-order valence-electron chi connectivity index (χ0n) is 8.29. The summed E-state index contributed by atoms with van der Waals surface area (Å²) in [6.45, 7) is 0. The lowest BCUT2D eigenvalue weighted by molar-refractivity contribution is 0.796. The number of hydrogen-bond acceptors (Lipinski definition) is 5.